The van der Waals surface area contributed by atoms with Crippen molar-refractivity contribution in [3.05, 3.63) is 39.3 Å². The Balaban J connectivity index is 1.84. The Kier molecular flexibility index (Phi) is 5.98. The molecule has 1 amide bonds. The van der Waals surface area contributed by atoms with Crippen LogP contribution in [0, 0.1) is 13.8 Å². The maximum Gasteiger partial charge on any atom is 0.220 e. The minimum Gasteiger partial charge on any atom is -0.493 e. The molecule has 1 N–H and O–H groups in total. The van der Waals surface area contributed by atoms with E-state index in [0.29, 0.717) is 30.9 Å². The molecule has 1 aromatic heterocycles. The maximum atomic E-state index is 12.0. The summed E-state index contributed by atoms with van der Waals surface area (Å²) in [4.78, 5) is 17.6. The molecular formula is C17H22N2O3S. The molecule has 0 saturated heterocycles. The minimum atomic E-state index is 0.0188. The van der Waals surface area contributed by atoms with Crippen molar-refractivity contribution in [3.8, 4) is 11.5 Å². The molecule has 0 aliphatic heterocycles. The molecule has 0 atom stereocenters. The van der Waals surface area contributed by atoms with Gasteiger partial charge in [-0.1, -0.05) is 6.07 Å². The maximum absolute atomic E-state index is 12.0. The topological polar surface area (TPSA) is 60.5 Å². The Morgan fingerprint density at radius 2 is 1.96 bits per heavy atom. The van der Waals surface area contributed by atoms with Crippen molar-refractivity contribution in [2.75, 3.05) is 14.2 Å². The highest BCUT2D eigenvalue weighted by atomic mass is 32.1. The van der Waals surface area contributed by atoms with Gasteiger partial charge in [0.1, 0.15) is 0 Å². The summed E-state index contributed by atoms with van der Waals surface area (Å²) in [6.07, 6.45) is 1.12. The van der Waals surface area contributed by atoms with Crippen LogP contribution in [0.25, 0.3) is 0 Å². The standard InChI is InChI=1S/C17H22N2O3S/c1-11-12(2)23-17(19-11)8-7-16(20)18-10-13-5-6-14(21-3)15(9-13)22-4/h5-6,9H,7-8,10H2,1-4H3,(H,18,20). The number of aryl methyl sites for hydroxylation is 3. The van der Waals surface area contributed by atoms with E-state index in [1.54, 1.807) is 25.6 Å². The van der Waals surface area contributed by atoms with Crippen molar-refractivity contribution in [1.82, 2.24) is 10.3 Å². The van der Waals surface area contributed by atoms with Gasteiger partial charge in [-0.3, -0.25) is 4.79 Å². The monoisotopic (exact) mass is 334 g/mol. The lowest BCUT2D eigenvalue weighted by atomic mass is 10.2. The van der Waals surface area contributed by atoms with E-state index in [0.717, 1.165) is 16.3 Å². The number of carbonyl (C=O) groups excluding carboxylic acids is 1. The molecule has 23 heavy (non-hydrogen) atoms. The van der Waals surface area contributed by atoms with Gasteiger partial charge in [-0.15, -0.1) is 11.3 Å². The third kappa shape index (κ3) is 4.69. The zero-order valence-corrected chi connectivity index (χ0v) is 14.8. The lowest BCUT2D eigenvalue weighted by Gasteiger charge is -2.10. The molecule has 0 aliphatic rings. The van der Waals surface area contributed by atoms with Crippen molar-refractivity contribution in [1.29, 1.82) is 0 Å². The first-order valence-corrected chi connectivity index (χ1v) is 8.25. The number of aromatic nitrogens is 1. The van der Waals surface area contributed by atoms with E-state index >= 15 is 0 Å². The van der Waals surface area contributed by atoms with E-state index in [-0.39, 0.29) is 5.91 Å². The van der Waals surface area contributed by atoms with Crippen LogP contribution in [-0.2, 0) is 17.8 Å². The molecular weight excluding hydrogens is 312 g/mol. The molecule has 0 fully saturated rings. The molecule has 1 aromatic carbocycles. The second-order valence-corrected chi connectivity index (χ2v) is 6.50. The molecule has 2 aromatic rings. The van der Waals surface area contributed by atoms with Crippen LogP contribution in [0.1, 0.15) is 27.6 Å². The summed E-state index contributed by atoms with van der Waals surface area (Å²) in [5.74, 6) is 1.36. The molecule has 2 rings (SSSR count). The van der Waals surface area contributed by atoms with Crippen LogP contribution >= 0.6 is 11.3 Å². The Bertz CT molecular complexity index is 663. The summed E-state index contributed by atoms with van der Waals surface area (Å²) in [6.45, 7) is 4.51. The molecule has 124 valence electrons. The highest BCUT2D eigenvalue weighted by molar-refractivity contribution is 7.11. The lowest BCUT2D eigenvalue weighted by molar-refractivity contribution is -0.121. The van der Waals surface area contributed by atoms with Gasteiger partial charge in [0, 0.05) is 24.3 Å². The summed E-state index contributed by atoms with van der Waals surface area (Å²) >= 11 is 1.66. The Morgan fingerprint density at radius 3 is 2.57 bits per heavy atom. The molecule has 0 unspecified atom stereocenters. The lowest BCUT2D eigenvalue weighted by Crippen LogP contribution is -2.23. The molecule has 5 nitrogen and oxygen atoms in total. The molecule has 6 heteroatoms. The minimum absolute atomic E-state index is 0.0188. The van der Waals surface area contributed by atoms with E-state index in [4.69, 9.17) is 9.47 Å². The van der Waals surface area contributed by atoms with E-state index in [9.17, 15) is 4.79 Å². The third-order valence-electron chi connectivity index (χ3n) is 3.58. The SMILES string of the molecule is COc1ccc(CNC(=O)CCc2nc(C)c(C)s2)cc1OC. The number of nitrogens with zero attached hydrogens (tertiary/aromatic N) is 1. The van der Waals surface area contributed by atoms with Crippen LogP contribution in [0.4, 0.5) is 0 Å². The van der Waals surface area contributed by atoms with E-state index in [1.807, 2.05) is 32.0 Å². The van der Waals surface area contributed by atoms with Gasteiger partial charge < -0.3 is 14.8 Å². The van der Waals surface area contributed by atoms with Gasteiger partial charge in [0.2, 0.25) is 5.91 Å². The number of benzene rings is 1. The van der Waals surface area contributed by atoms with Gasteiger partial charge in [0.15, 0.2) is 11.5 Å². The first-order chi connectivity index (χ1) is 11.0. The molecule has 0 bridgehead atoms. The van der Waals surface area contributed by atoms with Gasteiger partial charge >= 0.3 is 0 Å². The van der Waals surface area contributed by atoms with Gasteiger partial charge in [0.25, 0.3) is 0 Å². The summed E-state index contributed by atoms with van der Waals surface area (Å²) in [6, 6.07) is 5.61. The first kappa shape index (κ1) is 17.3. The summed E-state index contributed by atoms with van der Waals surface area (Å²) in [7, 11) is 3.19. The molecule has 0 saturated carbocycles. The van der Waals surface area contributed by atoms with Gasteiger partial charge in [-0.05, 0) is 31.5 Å². The number of rotatable bonds is 7. The zero-order valence-electron chi connectivity index (χ0n) is 13.9. The number of ether oxygens (including phenoxy) is 2. The van der Waals surface area contributed by atoms with Crippen LogP contribution in [-0.4, -0.2) is 25.1 Å². The van der Waals surface area contributed by atoms with E-state index in [1.165, 1.54) is 4.88 Å². The number of thiazole rings is 1. The predicted molar refractivity (Wildman–Crippen MR) is 91.3 cm³/mol. The summed E-state index contributed by atoms with van der Waals surface area (Å²) in [5, 5.41) is 3.94. The largest absolute Gasteiger partial charge is 0.493 e. The van der Waals surface area contributed by atoms with Crippen LogP contribution in [0.15, 0.2) is 18.2 Å². The van der Waals surface area contributed by atoms with Crippen molar-refractivity contribution in [2.45, 2.75) is 33.2 Å². The fourth-order valence-corrected chi connectivity index (χ4v) is 3.08. The number of hydrogen-bond acceptors (Lipinski definition) is 5. The number of hydrogen-bond donors (Lipinski definition) is 1. The Hall–Kier alpha value is -2.08. The number of nitrogens with one attached hydrogen (secondary N) is 1. The van der Waals surface area contributed by atoms with Crippen molar-refractivity contribution in [3.63, 3.8) is 0 Å². The Labute approximate surface area is 140 Å². The fraction of sp³-hybridized carbons (Fsp3) is 0.412. The van der Waals surface area contributed by atoms with E-state index in [2.05, 4.69) is 10.3 Å². The van der Waals surface area contributed by atoms with Crippen LogP contribution in [0.2, 0.25) is 0 Å². The average Bonchev–Trinajstić information content (AvgIpc) is 2.88. The van der Waals surface area contributed by atoms with Crippen molar-refractivity contribution in [2.24, 2.45) is 0 Å². The van der Waals surface area contributed by atoms with Crippen molar-refractivity contribution >= 4 is 17.2 Å². The number of carbonyl (C=O) groups is 1. The molecule has 0 aliphatic carbocycles. The van der Waals surface area contributed by atoms with Crippen LogP contribution < -0.4 is 14.8 Å². The second-order valence-electron chi connectivity index (χ2n) is 5.22. The first-order valence-electron chi connectivity index (χ1n) is 7.44. The Morgan fingerprint density at radius 1 is 1.22 bits per heavy atom. The van der Waals surface area contributed by atoms with Gasteiger partial charge in [-0.25, -0.2) is 4.98 Å². The summed E-state index contributed by atoms with van der Waals surface area (Å²) in [5.41, 5.74) is 2.02. The van der Waals surface area contributed by atoms with Gasteiger partial charge in [0.05, 0.1) is 24.9 Å². The number of methoxy groups -OCH3 is 2. The predicted octanol–water partition coefficient (Wildman–Crippen LogP) is 3.03. The fourth-order valence-electron chi connectivity index (χ4n) is 2.15. The average molecular weight is 334 g/mol. The summed E-state index contributed by atoms with van der Waals surface area (Å²) < 4.78 is 10.5. The van der Waals surface area contributed by atoms with E-state index < -0.39 is 0 Å². The van der Waals surface area contributed by atoms with Crippen LogP contribution in [0.5, 0.6) is 11.5 Å². The smallest absolute Gasteiger partial charge is 0.220 e. The highest BCUT2D eigenvalue weighted by Crippen LogP contribution is 2.27. The second kappa shape index (κ2) is 7.97. The number of amides is 1. The third-order valence-corrected chi connectivity index (χ3v) is 4.71. The van der Waals surface area contributed by atoms with Gasteiger partial charge in [-0.2, -0.15) is 0 Å². The van der Waals surface area contributed by atoms with Crippen molar-refractivity contribution < 1.29 is 14.3 Å². The molecule has 0 spiro atoms. The normalized spacial score (nSPS) is 10.4. The van der Waals surface area contributed by atoms with Crippen LogP contribution in [0.3, 0.4) is 0 Å². The highest BCUT2D eigenvalue weighted by Gasteiger charge is 2.08. The molecule has 1 heterocycles. The zero-order chi connectivity index (χ0) is 16.8. The quantitative estimate of drug-likeness (QED) is 0.845. The molecule has 0 radical (unpaired) electrons.